The van der Waals surface area contributed by atoms with Gasteiger partial charge in [-0.1, -0.05) is 20.3 Å². The standard InChI is InChI=1S/C22H31N7O/c1-4-5-6-18-12-23-21-19(28-9-7-15(2)8-10-28)11-17(13-29(18)21)22(30)26-16(3)20-24-14-25-27-20/h11-16H,4-10H2,1-3H3,(H,26,30)(H,24,25,27)/t16-/m0/s1. The maximum Gasteiger partial charge on any atom is 0.253 e. The van der Waals surface area contributed by atoms with Crippen LogP contribution in [0, 0.1) is 5.92 Å². The number of aromatic amines is 1. The number of aromatic nitrogens is 5. The molecule has 4 heterocycles. The Labute approximate surface area is 177 Å². The molecule has 1 aliphatic heterocycles. The molecular formula is C22H31N7O. The van der Waals surface area contributed by atoms with Crippen molar-refractivity contribution in [1.29, 1.82) is 0 Å². The molecule has 8 heteroatoms. The van der Waals surface area contributed by atoms with Crippen LogP contribution in [0.2, 0.25) is 0 Å². The first-order chi connectivity index (χ1) is 14.6. The summed E-state index contributed by atoms with van der Waals surface area (Å²) in [6.45, 7) is 8.38. The molecule has 0 bridgehead atoms. The minimum Gasteiger partial charge on any atom is -0.368 e. The Hall–Kier alpha value is -2.90. The maximum atomic E-state index is 13.1. The van der Waals surface area contributed by atoms with E-state index in [1.807, 2.05) is 25.4 Å². The van der Waals surface area contributed by atoms with Crippen molar-refractivity contribution in [1.82, 2.24) is 29.9 Å². The van der Waals surface area contributed by atoms with Crippen LogP contribution in [0.5, 0.6) is 0 Å². The second kappa shape index (κ2) is 8.85. The number of carbonyl (C=O) groups is 1. The van der Waals surface area contributed by atoms with E-state index >= 15 is 0 Å². The fraction of sp³-hybridized carbons (Fsp3) is 0.545. The van der Waals surface area contributed by atoms with E-state index in [-0.39, 0.29) is 11.9 Å². The summed E-state index contributed by atoms with van der Waals surface area (Å²) in [6.07, 6.45) is 10.8. The van der Waals surface area contributed by atoms with Crippen LogP contribution in [0.4, 0.5) is 5.69 Å². The Bertz CT molecular complexity index is 987. The summed E-state index contributed by atoms with van der Waals surface area (Å²) in [4.78, 5) is 24.4. The molecule has 0 aromatic carbocycles. The Morgan fingerprint density at radius 2 is 2.13 bits per heavy atom. The molecular weight excluding hydrogens is 378 g/mol. The number of hydrogen-bond acceptors (Lipinski definition) is 5. The number of piperidine rings is 1. The number of aryl methyl sites for hydroxylation is 1. The third-order valence-electron chi connectivity index (χ3n) is 6.03. The van der Waals surface area contributed by atoms with Gasteiger partial charge in [-0.3, -0.25) is 9.89 Å². The van der Waals surface area contributed by atoms with Crippen molar-refractivity contribution in [2.24, 2.45) is 5.92 Å². The van der Waals surface area contributed by atoms with Crippen molar-refractivity contribution in [2.75, 3.05) is 18.0 Å². The predicted molar refractivity (Wildman–Crippen MR) is 117 cm³/mol. The van der Waals surface area contributed by atoms with E-state index in [2.05, 4.69) is 43.6 Å². The lowest BCUT2D eigenvalue weighted by atomic mass is 9.99. The average molecular weight is 410 g/mol. The zero-order valence-corrected chi connectivity index (χ0v) is 18.1. The number of rotatable bonds is 7. The summed E-state index contributed by atoms with van der Waals surface area (Å²) in [5, 5.41) is 9.72. The molecule has 30 heavy (non-hydrogen) atoms. The van der Waals surface area contributed by atoms with E-state index in [9.17, 15) is 4.79 Å². The number of nitrogens with zero attached hydrogens (tertiary/aromatic N) is 5. The van der Waals surface area contributed by atoms with Gasteiger partial charge in [0.2, 0.25) is 0 Å². The number of imidazole rings is 1. The fourth-order valence-corrected chi connectivity index (χ4v) is 4.04. The van der Waals surface area contributed by atoms with Gasteiger partial charge < -0.3 is 14.6 Å². The molecule has 0 spiro atoms. The van der Waals surface area contributed by atoms with Crippen LogP contribution in [0.15, 0.2) is 24.8 Å². The minimum absolute atomic E-state index is 0.123. The van der Waals surface area contributed by atoms with Gasteiger partial charge in [-0.05, 0) is 44.6 Å². The van der Waals surface area contributed by atoms with Crippen molar-refractivity contribution >= 4 is 17.2 Å². The molecule has 1 saturated heterocycles. The van der Waals surface area contributed by atoms with Crippen LogP contribution in [0.3, 0.4) is 0 Å². The van der Waals surface area contributed by atoms with Crippen LogP contribution >= 0.6 is 0 Å². The van der Waals surface area contributed by atoms with Crippen LogP contribution in [0.1, 0.15) is 74.4 Å². The minimum atomic E-state index is -0.252. The van der Waals surface area contributed by atoms with Gasteiger partial charge in [0.05, 0.1) is 17.3 Å². The number of anilines is 1. The molecule has 0 unspecified atom stereocenters. The highest BCUT2D eigenvalue weighted by Crippen LogP contribution is 2.29. The number of nitrogens with one attached hydrogen (secondary N) is 2. The van der Waals surface area contributed by atoms with Gasteiger partial charge in [0, 0.05) is 31.2 Å². The van der Waals surface area contributed by atoms with E-state index in [1.54, 1.807) is 0 Å². The number of fused-ring (bicyclic) bond motifs is 1. The highest BCUT2D eigenvalue weighted by Gasteiger charge is 2.22. The van der Waals surface area contributed by atoms with E-state index in [0.717, 1.165) is 68.1 Å². The number of H-pyrrole nitrogens is 1. The van der Waals surface area contributed by atoms with Crippen LogP contribution in [-0.2, 0) is 6.42 Å². The van der Waals surface area contributed by atoms with Gasteiger partial charge in [-0.2, -0.15) is 5.10 Å². The number of carbonyl (C=O) groups excluding carboxylic acids is 1. The van der Waals surface area contributed by atoms with Gasteiger partial charge in [-0.25, -0.2) is 9.97 Å². The molecule has 8 nitrogen and oxygen atoms in total. The smallest absolute Gasteiger partial charge is 0.253 e. The summed E-state index contributed by atoms with van der Waals surface area (Å²) in [5.74, 6) is 1.26. The van der Waals surface area contributed by atoms with Gasteiger partial charge in [0.25, 0.3) is 5.91 Å². The average Bonchev–Trinajstić information content (AvgIpc) is 3.42. The fourth-order valence-electron chi connectivity index (χ4n) is 4.04. The lowest BCUT2D eigenvalue weighted by Gasteiger charge is -2.32. The lowest BCUT2D eigenvalue weighted by molar-refractivity contribution is 0.0938. The SMILES string of the molecule is CCCCc1cnc2c(N3CCC(C)CC3)cc(C(=O)N[C@@H](C)c3ncn[nH]3)cn12. The van der Waals surface area contributed by atoms with Crippen molar-refractivity contribution in [2.45, 2.75) is 58.9 Å². The van der Waals surface area contributed by atoms with Crippen molar-refractivity contribution < 1.29 is 4.79 Å². The zero-order chi connectivity index (χ0) is 21.1. The first kappa shape index (κ1) is 20.4. The first-order valence-corrected chi connectivity index (χ1v) is 11.0. The maximum absolute atomic E-state index is 13.1. The van der Waals surface area contributed by atoms with Gasteiger partial charge in [-0.15, -0.1) is 0 Å². The summed E-state index contributed by atoms with van der Waals surface area (Å²) >= 11 is 0. The van der Waals surface area contributed by atoms with Gasteiger partial charge in [0.15, 0.2) is 5.65 Å². The third-order valence-corrected chi connectivity index (χ3v) is 6.03. The molecule has 3 aromatic rings. The first-order valence-electron chi connectivity index (χ1n) is 11.0. The number of unbranched alkanes of at least 4 members (excludes halogenated alkanes) is 1. The Kier molecular flexibility index (Phi) is 6.01. The topological polar surface area (TPSA) is 91.2 Å². The van der Waals surface area contributed by atoms with Crippen molar-refractivity contribution in [3.8, 4) is 0 Å². The largest absolute Gasteiger partial charge is 0.368 e. The zero-order valence-electron chi connectivity index (χ0n) is 18.1. The summed E-state index contributed by atoms with van der Waals surface area (Å²) in [6, 6.07) is 1.74. The summed E-state index contributed by atoms with van der Waals surface area (Å²) in [5.41, 5.74) is 3.77. The highest BCUT2D eigenvalue weighted by molar-refractivity contribution is 5.96. The van der Waals surface area contributed by atoms with Crippen LogP contribution in [-0.4, -0.2) is 43.6 Å². The molecule has 0 aliphatic carbocycles. The van der Waals surface area contributed by atoms with Crippen molar-refractivity contribution in [3.05, 3.63) is 41.9 Å². The van der Waals surface area contributed by atoms with E-state index in [1.165, 1.54) is 6.33 Å². The molecule has 1 aliphatic rings. The molecule has 1 atom stereocenters. The van der Waals surface area contributed by atoms with Gasteiger partial charge in [0.1, 0.15) is 12.2 Å². The van der Waals surface area contributed by atoms with Crippen LogP contribution < -0.4 is 10.2 Å². The molecule has 3 aromatic heterocycles. The molecule has 0 radical (unpaired) electrons. The van der Waals surface area contributed by atoms with Gasteiger partial charge >= 0.3 is 0 Å². The van der Waals surface area contributed by atoms with E-state index < -0.39 is 0 Å². The molecule has 0 saturated carbocycles. The molecule has 160 valence electrons. The number of amides is 1. The normalized spacial score (nSPS) is 16.2. The highest BCUT2D eigenvalue weighted by atomic mass is 16.1. The molecule has 1 fully saturated rings. The Morgan fingerprint density at radius 3 is 2.83 bits per heavy atom. The summed E-state index contributed by atoms with van der Waals surface area (Å²) in [7, 11) is 0. The quantitative estimate of drug-likeness (QED) is 0.623. The van der Waals surface area contributed by atoms with Crippen molar-refractivity contribution in [3.63, 3.8) is 0 Å². The monoisotopic (exact) mass is 409 g/mol. The molecule has 2 N–H and O–H groups in total. The molecule has 4 rings (SSSR count). The van der Waals surface area contributed by atoms with E-state index in [4.69, 9.17) is 4.98 Å². The second-order valence-corrected chi connectivity index (χ2v) is 8.40. The second-order valence-electron chi connectivity index (χ2n) is 8.40. The lowest BCUT2D eigenvalue weighted by Crippen LogP contribution is -2.34. The Morgan fingerprint density at radius 1 is 1.33 bits per heavy atom. The predicted octanol–water partition coefficient (Wildman–Crippen LogP) is 3.52. The summed E-state index contributed by atoms with van der Waals surface area (Å²) < 4.78 is 2.11. The number of hydrogen-bond donors (Lipinski definition) is 2. The van der Waals surface area contributed by atoms with E-state index in [0.29, 0.717) is 11.4 Å². The molecule has 1 amide bonds. The number of pyridine rings is 1. The third kappa shape index (κ3) is 4.17. The van der Waals surface area contributed by atoms with Crippen LogP contribution in [0.25, 0.3) is 5.65 Å². The Balaban J connectivity index is 1.68.